The number of thioether (sulfide) groups is 1. The highest BCUT2D eigenvalue weighted by atomic mass is 32.2. The summed E-state index contributed by atoms with van der Waals surface area (Å²) in [7, 11) is 0. The van der Waals surface area contributed by atoms with Crippen LogP contribution in [0.15, 0.2) is 41.9 Å². The minimum atomic E-state index is -0.519. The van der Waals surface area contributed by atoms with Gasteiger partial charge in [-0.1, -0.05) is 36.0 Å². The second-order valence-corrected chi connectivity index (χ2v) is 6.08. The van der Waals surface area contributed by atoms with Crippen molar-refractivity contribution in [1.29, 1.82) is 0 Å². The zero-order valence-corrected chi connectivity index (χ0v) is 14.0. The smallest absolute Gasteiger partial charge is 0.321 e. The third-order valence-electron chi connectivity index (χ3n) is 3.24. The molecular formula is C17H19N3O2S. The second kappa shape index (κ2) is 7.78. The maximum absolute atomic E-state index is 11.8. The van der Waals surface area contributed by atoms with Crippen LogP contribution in [0.2, 0.25) is 0 Å². The summed E-state index contributed by atoms with van der Waals surface area (Å²) >= 11 is 1.31. The van der Waals surface area contributed by atoms with E-state index in [1.807, 2.05) is 38.1 Å². The van der Waals surface area contributed by atoms with Crippen LogP contribution >= 0.6 is 11.8 Å². The second-order valence-electron chi connectivity index (χ2n) is 5.08. The normalized spacial score (nSPS) is 10.3. The van der Waals surface area contributed by atoms with E-state index in [9.17, 15) is 9.59 Å². The quantitative estimate of drug-likeness (QED) is 0.653. The lowest BCUT2D eigenvalue weighted by Gasteiger charge is -2.08. The van der Waals surface area contributed by atoms with Crippen molar-refractivity contribution in [1.82, 2.24) is 15.6 Å². The Labute approximate surface area is 139 Å². The van der Waals surface area contributed by atoms with Crippen molar-refractivity contribution in [3.05, 3.63) is 48.0 Å². The van der Waals surface area contributed by atoms with E-state index in [1.54, 1.807) is 6.08 Å². The molecule has 2 aromatic rings. The fraction of sp³-hybridized carbons (Fsp3) is 0.235. The summed E-state index contributed by atoms with van der Waals surface area (Å²) in [4.78, 5) is 27.7. The number of amides is 3. The fourth-order valence-electron chi connectivity index (χ4n) is 2.12. The molecule has 3 amide bonds. The van der Waals surface area contributed by atoms with Gasteiger partial charge in [-0.2, -0.15) is 0 Å². The maximum atomic E-state index is 11.8. The minimum Gasteiger partial charge on any atom is -0.334 e. The highest BCUT2D eigenvalue weighted by Gasteiger charge is 2.10. The van der Waals surface area contributed by atoms with Crippen molar-refractivity contribution in [3.8, 4) is 0 Å². The molecule has 0 saturated carbocycles. The van der Waals surface area contributed by atoms with Crippen molar-refractivity contribution in [2.75, 3.05) is 12.3 Å². The molecular weight excluding hydrogens is 310 g/mol. The van der Waals surface area contributed by atoms with Gasteiger partial charge in [0.2, 0.25) is 5.91 Å². The Morgan fingerprint density at radius 3 is 2.83 bits per heavy atom. The fourth-order valence-corrected chi connectivity index (χ4v) is 2.88. The lowest BCUT2D eigenvalue weighted by atomic mass is 10.1. The van der Waals surface area contributed by atoms with E-state index in [4.69, 9.17) is 0 Å². The van der Waals surface area contributed by atoms with E-state index in [-0.39, 0.29) is 11.7 Å². The van der Waals surface area contributed by atoms with Gasteiger partial charge in [0.25, 0.3) is 0 Å². The standard InChI is InChI=1S/C17H19N3O2S/c1-4-8-18-17(22)19-14(21)10-23-15-9-12(3)13-7-5-6-11(2)16(13)20-15/h4-7,9H,1,8,10H2,2-3H3,(H2,18,19,21,22). The Hall–Kier alpha value is -2.34. The summed E-state index contributed by atoms with van der Waals surface area (Å²) in [5, 5.41) is 6.63. The van der Waals surface area contributed by atoms with E-state index in [0.717, 1.165) is 27.1 Å². The Morgan fingerprint density at radius 2 is 2.09 bits per heavy atom. The third kappa shape index (κ3) is 4.56. The van der Waals surface area contributed by atoms with Gasteiger partial charge in [0.15, 0.2) is 0 Å². The van der Waals surface area contributed by atoms with Gasteiger partial charge >= 0.3 is 6.03 Å². The van der Waals surface area contributed by atoms with Gasteiger partial charge < -0.3 is 5.32 Å². The van der Waals surface area contributed by atoms with Crippen molar-refractivity contribution in [2.45, 2.75) is 18.9 Å². The maximum Gasteiger partial charge on any atom is 0.321 e. The molecule has 6 heteroatoms. The molecule has 0 spiro atoms. The van der Waals surface area contributed by atoms with Gasteiger partial charge in [-0.3, -0.25) is 10.1 Å². The van der Waals surface area contributed by atoms with Crippen LogP contribution in [0.25, 0.3) is 10.9 Å². The summed E-state index contributed by atoms with van der Waals surface area (Å²) in [6, 6.07) is 7.50. The average Bonchev–Trinajstić information content (AvgIpc) is 2.52. The number of pyridine rings is 1. The summed E-state index contributed by atoms with van der Waals surface area (Å²) in [5.74, 6) is -0.230. The number of hydrogen-bond acceptors (Lipinski definition) is 4. The molecule has 23 heavy (non-hydrogen) atoms. The first kappa shape index (κ1) is 17.0. The summed E-state index contributed by atoms with van der Waals surface area (Å²) < 4.78 is 0. The lowest BCUT2D eigenvalue weighted by Crippen LogP contribution is -2.40. The highest BCUT2D eigenvalue weighted by Crippen LogP contribution is 2.25. The SMILES string of the molecule is C=CCNC(=O)NC(=O)CSc1cc(C)c2cccc(C)c2n1. The molecule has 0 aliphatic carbocycles. The molecule has 1 heterocycles. The van der Waals surface area contributed by atoms with Gasteiger partial charge in [0, 0.05) is 11.9 Å². The Kier molecular flexibility index (Phi) is 5.76. The number of benzene rings is 1. The van der Waals surface area contributed by atoms with Gasteiger partial charge in [0.1, 0.15) is 0 Å². The molecule has 1 aromatic heterocycles. The summed E-state index contributed by atoms with van der Waals surface area (Å²) in [6.45, 7) is 7.84. The van der Waals surface area contributed by atoms with Crippen molar-refractivity contribution in [2.24, 2.45) is 0 Å². The number of para-hydroxylation sites is 1. The predicted molar refractivity (Wildman–Crippen MR) is 93.7 cm³/mol. The molecule has 0 saturated heterocycles. The zero-order chi connectivity index (χ0) is 16.8. The molecule has 0 fully saturated rings. The van der Waals surface area contributed by atoms with Crippen LogP contribution in [-0.4, -0.2) is 29.2 Å². The number of hydrogen-bond donors (Lipinski definition) is 2. The number of imide groups is 1. The molecule has 0 radical (unpaired) electrons. The van der Waals surface area contributed by atoms with Gasteiger partial charge in [-0.05, 0) is 31.0 Å². The number of aryl methyl sites for hydroxylation is 2. The molecule has 1 aromatic carbocycles. The van der Waals surface area contributed by atoms with E-state index in [1.165, 1.54) is 11.8 Å². The number of aromatic nitrogens is 1. The van der Waals surface area contributed by atoms with Crippen LogP contribution in [-0.2, 0) is 4.79 Å². The minimum absolute atomic E-state index is 0.130. The predicted octanol–water partition coefficient (Wildman–Crippen LogP) is 2.96. The van der Waals surface area contributed by atoms with Crippen LogP contribution in [0, 0.1) is 13.8 Å². The lowest BCUT2D eigenvalue weighted by molar-refractivity contribution is -0.117. The molecule has 2 N–H and O–H groups in total. The van der Waals surface area contributed by atoms with Crippen molar-refractivity contribution in [3.63, 3.8) is 0 Å². The van der Waals surface area contributed by atoms with E-state index in [2.05, 4.69) is 22.2 Å². The number of nitrogens with one attached hydrogen (secondary N) is 2. The molecule has 0 aliphatic heterocycles. The van der Waals surface area contributed by atoms with Crippen LogP contribution in [0.4, 0.5) is 4.79 Å². The molecule has 0 aliphatic rings. The first-order chi connectivity index (χ1) is 11.0. The van der Waals surface area contributed by atoms with E-state index >= 15 is 0 Å². The molecule has 0 unspecified atom stereocenters. The van der Waals surface area contributed by atoms with Crippen LogP contribution in [0.1, 0.15) is 11.1 Å². The summed E-state index contributed by atoms with van der Waals surface area (Å²) in [6.07, 6.45) is 1.54. The van der Waals surface area contributed by atoms with Crippen LogP contribution in [0.5, 0.6) is 0 Å². The van der Waals surface area contributed by atoms with Crippen molar-refractivity contribution < 1.29 is 9.59 Å². The third-order valence-corrected chi connectivity index (χ3v) is 4.15. The summed E-state index contributed by atoms with van der Waals surface area (Å²) in [5.41, 5.74) is 3.16. The number of carbonyl (C=O) groups is 2. The monoisotopic (exact) mass is 329 g/mol. The van der Waals surface area contributed by atoms with Crippen LogP contribution < -0.4 is 10.6 Å². The Balaban J connectivity index is 2.02. The van der Waals surface area contributed by atoms with E-state index < -0.39 is 6.03 Å². The number of carbonyl (C=O) groups excluding carboxylic acids is 2. The van der Waals surface area contributed by atoms with Gasteiger partial charge in [-0.15, -0.1) is 6.58 Å². The first-order valence-corrected chi connectivity index (χ1v) is 8.18. The number of urea groups is 1. The topological polar surface area (TPSA) is 71.1 Å². The Morgan fingerprint density at radius 1 is 1.30 bits per heavy atom. The largest absolute Gasteiger partial charge is 0.334 e. The van der Waals surface area contributed by atoms with Gasteiger partial charge in [0.05, 0.1) is 16.3 Å². The van der Waals surface area contributed by atoms with Gasteiger partial charge in [-0.25, -0.2) is 9.78 Å². The van der Waals surface area contributed by atoms with E-state index in [0.29, 0.717) is 6.54 Å². The highest BCUT2D eigenvalue weighted by molar-refractivity contribution is 7.99. The van der Waals surface area contributed by atoms with Crippen molar-refractivity contribution >= 4 is 34.6 Å². The molecule has 0 bridgehead atoms. The average molecular weight is 329 g/mol. The zero-order valence-electron chi connectivity index (χ0n) is 13.2. The molecule has 2 rings (SSSR count). The first-order valence-electron chi connectivity index (χ1n) is 7.19. The molecule has 120 valence electrons. The number of rotatable bonds is 5. The molecule has 0 atom stereocenters. The van der Waals surface area contributed by atoms with Crippen LogP contribution in [0.3, 0.4) is 0 Å². The number of fused-ring (bicyclic) bond motifs is 1. The number of nitrogens with zero attached hydrogens (tertiary/aromatic N) is 1. The Bertz CT molecular complexity index is 759. The molecule has 5 nitrogen and oxygen atoms in total.